The van der Waals surface area contributed by atoms with Crippen molar-refractivity contribution in [1.82, 2.24) is 10.2 Å². The first-order valence-corrected chi connectivity index (χ1v) is 9.20. The Labute approximate surface area is 162 Å². The number of urea groups is 1. The monoisotopic (exact) mass is 389 g/mol. The zero-order valence-electron chi connectivity index (χ0n) is 15.6. The number of piperidine rings is 1. The van der Waals surface area contributed by atoms with Gasteiger partial charge in [-0.1, -0.05) is 6.07 Å². The van der Waals surface area contributed by atoms with Crippen molar-refractivity contribution in [3.8, 4) is 5.75 Å². The van der Waals surface area contributed by atoms with E-state index in [1.54, 1.807) is 23.1 Å². The summed E-state index contributed by atoms with van der Waals surface area (Å²) in [5.74, 6) is -1.28. The van der Waals surface area contributed by atoms with Crippen LogP contribution in [-0.2, 0) is 14.4 Å². The fourth-order valence-corrected chi connectivity index (χ4v) is 3.38. The first-order chi connectivity index (χ1) is 13.3. The summed E-state index contributed by atoms with van der Waals surface area (Å²) in [5.41, 5.74) is 1.47. The molecule has 0 spiro atoms. The van der Waals surface area contributed by atoms with Gasteiger partial charge in [0.15, 0.2) is 6.61 Å². The molecular weight excluding hydrogens is 366 g/mol. The Morgan fingerprint density at radius 2 is 1.93 bits per heavy atom. The molecule has 0 aromatic heterocycles. The van der Waals surface area contributed by atoms with E-state index in [1.807, 2.05) is 6.92 Å². The Bertz CT molecular complexity index is 801. The summed E-state index contributed by atoms with van der Waals surface area (Å²) in [6.45, 7) is 2.78. The highest BCUT2D eigenvalue weighted by Crippen LogP contribution is 2.27. The van der Waals surface area contributed by atoms with Crippen molar-refractivity contribution < 1.29 is 29.0 Å². The van der Waals surface area contributed by atoms with Crippen LogP contribution in [0.25, 0.3) is 0 Å². The van der Waals surface area contributed by atoms with Gasteiger partial charge in [-0.05, 0) is 31.4 Å². The molecule has 9 heteroatoms. The van der Waals surface area contributed by atoms with Crippen LogP contribution in [0.15, 0.2) is 18.2 Å². The fourth-order valence-electron chi connectivity index (χ4n) is 3.38. The summed E-state index contributed by atoms with van der Waals surface area (Å²) in [6, 6.07) is 4.70. The van der Waals surface area contributed by atoms with Crippen LogP contribution in [0.3, 0.4) is 0 Å². The third-order valence-electron chi connectivity index (χ3n) is 5.08. The predicted octanol–water partition coefficient (Wildman–Crippen LogP) is 1.14. The molecule has 2 saturated heterocycles. The molecule has 0 atom stereocenters. The molecule has 2 fully saturated rings. The van der Waals surface area contributed by atoms with Crippen molar-refractivity contribution in [1.29, 1.82) is 0 Å². The molecule has 0 radical (unpaired) electrons. The Morgan fingerprint density at radius 1 is 1.21 bits per heavy atom. The van der Waals surface area contributed by atoms with E-state index < -0.39 is 17.9 Å². The number of carbonyl (C=O) groups excluding carboxylic acids is 3. The number of aliphatic carboxylic acids is 1. The van der Waals surface area contributed by atoms with Crippen molar-refractivity contribution >= 4 is 29.5 Å². The van der Waals surface area contributed by atoms with Crippen molar-refractivity contribution in [2.75, 3.05) is 31.1 Å². The Kier molecular flexibility index (Phi) is 5.81. The van der Waals surface area contributed by atoms with Gasteiger partial charge in [0, 0.05) is 32.1 Å². The summed E-state index contributed by atoms with van der Waals surface area (Å²) < 4.78 is 5.61. The van der Waals surface area contributed by atoms with Crippen LogP contribution in [-0.4, -0.2) is 60.1 Å². The van der Waals surface area contributed by atoms with Gasteiger partial charge in [0.2, 0.25) is 5.91 Å². The molecule has 4 amide bonds. The molecule has 150 valence electrons. The lowest BCUT2D eigenvalue weighted by atomic mass is 9.97. The third kappa shape index (κ3) is 4.41. The highest BCUT2D eigenvalue weighted by Gasteiger charge is 2.28. The molecule has 2 aliphatic rings. The number of carboxylic acids is 1. The molecule has 2 heterocycles. The lowest BCUT2D eigenvalue weighted by Gasteiger charge is -2.30. The number of nitrogens with one attached hydrogen (secondary N) is 1. The average molecular weight is 389 g/mol. The number of anilines is 1. The average Bonchev–Trinajstić information content (AvgIpc) is 2.67. The number of aryl methyl sites for hydroxylation is 1. The maximum absolute atomic E-state index is 12.3. The summed E-state index contributed by atoms with van der Waals surface area (Å²) in [4.78, 5) is 49.8. The van der Waals surface area contributed by atoms with E-state index in [4.69, 9.17) is 9.84 Å². The van der Waals surface area contributed by atoms with Crippen LogP contribution >= 0.6 is 0 Å². The molecule has 3 rings (SSSR count). The number of ether oxygens (including phenoxy) is 1. The third-order valence-corrected chi connectivity index (χ3v) is 5.08. The molecule has 0 unspecified atom stereocenters. The van der Waals surface area contributed by atoms with Crippen molar-refractivity contribution in [3.63, 3.8) is 0 Å². The molecule has 0 bridgehead atoms. The van der Waals surface area contributed by atoms with Gasteiger partial charge in [-0.2, -0.15) is 0 Å². The maximum atomic E-state index is 12.3. The van der Waals surface area contributed by atoms with Crippen molar-refractivity contribution in [3.05, 3.63) is 23.8 Å². The zero-order chi connectivity index (χ0) is 20.3. The number of imide groups is 1. The van der Waals surface area contributed by atoms with Crippen molar-refractivity contribution in [2.45, 2.75) is 26.2 Å². The number of carboxylic acid groups (broad SMARTS) is 1. The lowest BCUT2D eigenvalue weighted by Crippen LogP contribution is -2.49. The molecular formula is C19H23N3O6. The van der Waals surface area contributed by atoms with Gasteiger partial charge in [0.1, 0.15) is 5.75 Å². The first-order valence-electron chi connectivity index (χ1n) is 9.20. The van der Waals surface area contributed by atoms with E-state index in [1.165, 1.54) is 4.90 Å². The molecule has 0 saturated carbocycles. The van der Waals surface area contributed by atoms with Gasteiger partial charge in [-0.15, -0.1) is 0 Å². The second kappa shape index (κ2) is 8.28. The molecule has 2 aliphatic heterocycles. The number of hydrogen-bond acceptors (Lipinski definition) is 5. The van der Waals surface area contributed by atoms with Crippen molar-refractivity contribution in [2.24, 2.45) is 5.92 Å². The summed E-state index contributed by atoms with van der Waals surface area (Å²) in [6.07, 6.45) is 1.11. The smallest absolute Gasteiger partial charge is 0.328 e. The molecule has 1 aromatic rings. The van der Waals surface area contributed by atoms with Crippen LogP contribution in [0.1, 0.15) is 24.8 Å². The molecule has 9 nitrogen and oxygen atoms in total. The summed E-state index contributed by atoms with van der Waals surface area (Å²) in [5, 5.41) is 11.3. The SMILES string of the molecule is Cc1ccc(OCC(=O)N2CCC(C(=O)O)CC2)cc1N1CCC(=O)NC1=O. The Balaban J connectivity index is 1.59. The second-order valence-corrected chi connectivity index (χ2v) is 6.99. The van der Waals surface area contributed by atoms with Crippen LogP contribution in [0.5, 0.6) is 5.75 Å². The minimum atomic E-state index is -0.820. The fraction of sp³-hybridized carbons (Fsp3) is 0.474. The van der Waals surface area contributed by atoms with E-state index >= 15 is 0 Å². The maximum Gasteiger partial charge on any atom is 0.328 e. The second-order valence-electron chi connectivity index (χ2n) is 6.99. The number of likely N-dealkylation sites (tertiary alicyclic amines) is 1. The first kappa shape index (κ1) is 19.7. The number of nitrogens with zero attached hydrogens (tertiary/aromatic N) is 2. The standard InChI is InChI=1S/C19H23N3O6/c1-12-2-3-14(10-15(12)22-9-6-16(23)20-19(22)27)28-11-17(24)21-7-4-13(5-8-21)18(25)26/h2-3,10,13H,4-9,11H2,1H3,(H,25,26)(H,20,23,27). The molecule has 0 aliphatic carbocycles. The highest BCUT2D eigenvalue weighted by atomic mass is 16.5. The Morgan fingerprint density at radius 3 is 2.57 bits per heavy atom. The van der Waals surface area contributed by atoms with E-state index in [0.29, 0.717) is 37.4 Å². The van der Waals surface area contributed by atoms with Crippen LogP contribution in [0.4, 0.5) is 10.5 Å². The zero-order valence-corrected chi connectivity index (χ0v) is 15.6. The van der Waals surface area contributed by atoms with Gasteiger partial charge in [0.05, 0.1) is 11.6 Å². The van der Waals surface area contributed by atoms with Crippen LogP contribution < -0.4 is 15.0 Å². The normalized spacial score (nSPS) is 18.0. The quantitative estimate of drug-likeness (QED) is 0.780. The number of amides is 4. The minimum Gasteiger partial charge on any atom is -0.484 e. The molecule has 28 heavy (non-hydrogen) atoms. The highest BCUT2D eigenvalue weighted by molar-refractivity contribution is 6.06. The topological polar surface area (TPSA) is 116 Å². The van der Waals surface area contributed by atoms with Gasteiger partial charge in [-0.25, -0.2) is 4.79 Å². The van der Waals surface area contributed by atoms with E-state index in [-0.39, 0.29) is 31.4 Å². The molecule has 1 aromatic carbocycles. The van der Waals surface area contributed by atoms with Gasteiger partial charge in [0.25, 0.3) is 5.91 Å². The van der Waals surface area contributed by atoms with E-state index in [0.717, 1.165) is 5.56 Å². The lowest BCUT2D eigenvalue weighted by molar-refractivity contribution is -0.146. The van der Waals surface area contributed by atoms with E-state index in [2.05, 4.69) is 5.32 Å². The number of hydrogen-bond donors (Lipinski definition) is 2. The molecule has 2 N–H and O–H groups in total. The van der Waals surface area contributed by atoms with E-state index in [9.17, 15) is 19.2 Å². The number of carbonyl (C=O) groups is 4. The van der Waals surface area contributed by atoms with Crippen LogP contribution in [0, 0.1) is 12.8 Å². The van der Waals surface area contributed by atoms with Gasteiger partial charge in [-0.3, -0.25) is 24.6 Å². The minimum absolute atomic E-state index is 0.162. The van der Waals surface area contributed by atoms with Gasteiger partial charge >= 0.3 is 12.0 Å². The summed E-state index contributed by atoms with van der Waals surface area (Å²) in [7, 11) is 0. The summed E-state index contributed by atoms with van der Waals surface area (Å²) >= 11 is 0. The van der Waals surface area contributed by atoms with Crippen LogP contribution in [0.2, 0.25) is 0 Å². The number of benzene rings is 1. The number of rotatable bonds is 5. The predicted molar refractivity (Wildman–Crippen MR) is 99.1 cm³/mol. The Hall–Kier alpha value is -3.10. The largest absolute Gasteiger partial charge is 0.484 e. The van der Waals surface area contributed by atoms with Gasteiger partial charge < -0.3 is 14.7 Å².